The molecule has 0 saturated heterocycles. The third-order valence-corrected chi connectivity index (χ3v) is 3.08. The van der Waals surface area contributed by atoms with Gasteiger partial charge in [-0.15, -0.1) is 0 Å². The lowest BCUT2D eigenvalue weighted by Crippen LogP contribution is -2.31. The summed E-state index contributed by atoms with van der Waals surface area (Å²) in [7, 11) is 0. The van der Waals surface area contributed by atoms with Crippen LogP contribution in [0.1, 0.15) is 26.2 Å². The Morgan fingerprint density at radius 2 is 2.06 bits per heavy atom. The molecule has 0 bridgehead atoms. The third-order valence-electron chi connectivity index (χ3n) is 3.08. The number of allylic oxidation sites excluding steroid dienone is 4. The van der Waals surface area contributed by atoms with Gasteiger partial charge in [0.25, 0.3) is 0 Å². The maximum Gasteiger partial charge on any atom is 0.309 e. The van der Waals surface area contributed by atoms with Gasteiger partial charge in [-0.25, -0.2) is 0 Å². The van der Waals surface area contributed by atoms with Crippen molar-refractivity contribution in [3.63, 3.8) is 0 Å². The molecule has 0 aliphatic heterocycles. The van der Waals surface area contributed by atoms with Crippen LogP contribution in [-0.2, 0) is 4.79 Å². The SMILES string of the molecule is CCCC=CC=CC1CC(O)C(O)C1C(=O)O. The molecule has 1 fully saturated rings. The standard InChI is InChI=1S/C13H20O4/c1-2-3-4-5-6-7-9-8-10(14)12(15)11(9)13(16)17/h4-7,9-12,14-15H,2-3,8H2,1H3,(H,16,17). The van der Waals surface area contributed by atoms with Crippen molar-refractivity contribution in [2.45, 2.75) is 38.4 Å². The molecule has 0 aromatic heterocycles. The maximum absolute atomic E-state index is 11.0. The second-order valence-corrected chi connectivity index (χ2v) is 4.42. The molecule has 3 N–H and O–H groups in total. The Balaban J connectivity index is 2.60. The van der Waals surface area contributed by atoms with Crippen LogP contribution in [0.4, 0.5) is 0 Å². The van der Waals surface area contributed by atoms with Gasteiger partial charge < -0.3 is 15.3 Å². The van der Waals surface area contributed by atoms with Crippen LogP contribution in [-0.4, -0.2) is 33.5 Å². The number of carboxylic acid groups (broad SMARTS) is 1. The fourth-order valence-corrected chi connectivity index (χ4v) is 2.13. The fraction of sp³-hybridized carbons (Fsp3) is 0.615. The Kier molecular flexibility index (Phi) is 5.38. The monoisotopic (exact) mass is 240 g/mol. The summed E-state index contributed by atoms with van der Waals surface area (Å²) in [6.45, 7) is 2.08. The van der Waals surface area contributed by atoms with E-state index in [1.165, 1.54) is 0 Å². The molecule has 1 aliphatic rings. The van der Waals surface area contributed by atoms with E-state index in [1.807, 2.05) is 12.2 Å². The number of aliphatic hydroxyl groups excluding tert-OH is 2. The summed E-state index contributed by atoms with van der Waals surface area (Å²) in [5.41, 5.74) is 0. The summed E-state index contributed by atoms with van der Waals surface area (Å²) in [6, 6.07) is 0. The number of aliphatic hydroxyl groups is 2. The van der Waals surface area contributed by atoms with Crippen molar-refractivity contribution in [1.82, 2.24) is 0 Å². The zero-order valence-electron chi connectivity index (χ0n) is 9.99. The van der Waals surface area contributed by atoms with Crippen molar-refractivity contribution in [3.05, 3.63) is 24.3 Å². The van der Waals surface area contributed by atoms with E-state index in [-0.39, 0.29) is 5.92 Å². The van der Waals surface area contributed by atoms with Gasteiger partial charge in [-0.1, -0.05) is 37.6 Å². The van der Waals surface area contributed by atoms with Crippen LogP contribution in [0.15, 0.2) is 24.3 Å². The molecule has 4 heteroatoms. The summed E-state index contributed by atoms with van der Waals surface area (Å²) in [4.78, 5) is 11.0. The molecule has 1 rings (SSSR count). The van der Waals surface area contributed by atoms with Gasteiger partial charge in [0.1, 0.15) is 0 Å². The molecule has 17 heavy (non-hydrogen) atoms. The van der Waals surface area contributed by atoms with Crippen LogP contribution in [0.3, 0.4) is 0 Å². The molecule has 0 spiro atoms. The first-order valence-corrected chi connectivity index (χ1v) is 6.00. The molecule has 0 radical (unpaired) electrons. The fourth-order valence-electron chi connectivity index (χ4n) is 2.13. The number of unbranched alkanes of at least 4 members (excludes halogenated alkanes) is 1. The molecule has 1 aliphatic carbocycles. The van der Waals surface area contributed by atoms with E-state index < -0.39 is 24.1 Å². The Morgan fingerprint density at radius 1 is 1.35 bits per heavy atom. The van der Waals surface area contributed by atoms with Gasteiger partial charge in [0.05, 0.1) is 18.1 Å². The first kappa shape index (κ1) is 13.9. The number of hydrogen-bond acceptors (Lipinski definition) is 3. The summed E-state index contributed by atoms with van der Waals surface area (Å²) >= 11 is 0. The van der Waals surface area contributed by atoms with E-state index in [2.05, 4.69) is 6.92 Å². The molecular weight excluding hydrogens is 220 g/mol. The van der Waals surface area contributed by atoms with E-state index >= 15 is 0 Å². The Morgan fingerprint density at radius 3 is 2.65 bits per heavy atom. The van der Waals surface area contributed by atoms with Crippen LogP contribution in [0.25, 0.3) is 0 Å². The van der Waals surface area contributed by atoms with Crippen molar-refractivity contribution < 1.29 is 20.1 Å². The van der Waals surface area contributed by atoms with Gasteiger partial charge in [0.15, 0.2) is 0 Å². The molecule has 0 heterocycles. The van der Waals surface area contributed by atoms with Gasteiger partial charge in [0, 0.05) is 0 Å². The van der Waals surface area contributed by atoms with Crippen molar-refractivity contribution in [3.8, 4) is 0 Å². The van der Waals surface area contributed by atoms with E-state index in [1.54, 1.807) is 12.2 Å². The number of hydrogen-bond donors (Lipinski definition) is 3. The third kappa shape index (κ3) is 3.68. The molecular formula is C13H20O4. The van der Waals surface area contributed by atoms with Gasteiger partial charge in [0.2, 0.25) is 0 Å². The minimum atomic E-state index is -1.17. The average Bonchev–Trinajstić information content (AvgIpc) is 2.54. The van der Waals surface area contributed by atoms with Crippen LogP contribution >= 0.6 is 0 Å². The first-order chi connectivity index (χ1) is 8.07. The van der Waals surface area contributed by atoms with Crippen LogP contribution in [0, 0.1) is 11.8 Å². The highest BCUT2D eigenvalue weighted by molar-refractivity contribution is 5.72. The summed E-state index contributed by atoms with van der Waals surface area (Å²) in [5.74, 6) is -2.26. The second kappa shape index (κ2) is 6.57. The predicted octanol–water partition coefficient (Wildman–Crippen LogP) is 1.34. The number of carbonyl (C=O) groups is 1. The van der Waals surface area contributed by atoms with E-state index in [0.717, 1.165) is 12.8 Å². The number of carboxylic acids is 1. The number of aliphatic carboxylic acids is 1. The minimum Gasteiger partial charge on any atom is -0.481 e. The molecule has 96 valence electrons. The Labute approximate surface area is 101 Å². The van der Waals surface area contributed by atoms with Crippen molar-refractivity contribution in [1.29, 1.82) is 0 Å². The largest absolute Gasteiger partial charge is 0.481 e. The zero-order chi connectivity index (χ0) is 12.8. The highest BCUT2D eigenvalue weighted by Gasteiger charge is 2.44. The molecule has 0 amide bonds. The average molecular weight is 240 g/mol. The highest BCUT2D eigenvalue weighted by atomic mass is 16.4. The highest BCUT2D eigenvalue weighted by Crippen LogP contribution is 2.33. The molecule has 4 atom stereocenters. The van der Waals surface area contributed by atoms with E-state index in [4.69, 9.17) is 5.11 Å². The van der Waals surface area contributed by atoms with Crippen molar-refractivity contribution in [2.24, 2.45) is 11.8 Å². The maximum atomic E-state index is 11.0. The molecule has 0 aromatic rings. The van der Waals surface area contributed by atoms with Gasteiger partial charge >= 0.3 is 5.97 Å². The molecule has 1 saturated carbocycles. The van der Waals surface area contributed by atoms with Crippen LogP contribution < -0.4 is 0 Å². The van der Waals surface area contributed by atoms with Gasteiger partial charge in [-0.2, -0.15) is 0 Å². The first-order valence-electron chi connectivity index (χ1n) is 6.00. The molecule has 4 nitrogen and oxygen atoms in total. The van der Waals surface area contributed by atoms with Crippen LogP contribution in [0.5, 0.6) is 0 Å². The molecule has 4 unspecified atom stereocenters. The second-order valence-electron chi connectivity index (χ2n) is 4.42. The topological polar surface area (TPSA) is 77.8 Å². The van der Waals surface area contributed by atoms with E-state index in [0.29, 0.717) is 6.42 Å². The van der Waals surface area contributed by atoms with Gasteiger partial charge in [-0.3, -0.25) is 4.79 Å². The van der Waals surface area contributed by atoms with Crippen molar-refractivity contribution >= 4 is 5.97 Å². The smallest absolute Gasteiger partial charge is 0.309 e. The Bertz CT molecular complexity index is 309. The number of rotatable bonds is 5. The normalized spacial score (nSPS) is 33.8. The van der Waals surface area contributed by atoms with Crippen LogP contribution in [0.2, 0.25) is 0 Å². The lowest BCUT2D eigenvalue weighted by Gasteiger charge is -2.14. The quantitative estimate of drug-likeness (QED) is 0.634. The summed E-state index contributed by atoms with van der Waals surface area (Å²) in [6.07, 6.45) is 7.69. The molecule has 0 aromatic carbocycles. The van der Waals surface area contributed by atoms with Crippen molar-refractivity contribution in [2.75, 3.05) is 0 Å². The lowest BCUT2D eigenvalue weighted by molar-refractivity contribution is -0.146. The predicted molar refractivity (Wildman–Crippen MR) is 64.4 cm³/mol. The van der Waals surface area contributed by atoms with E-state index in [9.17, 15) is 15.0 Å². The minimum absolute atomic E-state index is 0.302. The van der Waals surface area contributed by atoms with Gasteiger partial charge in [-0.05, 0) is 18.8 Å². The Hall–Kier alpha value is -1.13. The summed E-state index contributed by atoms with van der Waals surface area (Å²) in [5, 5.41) is 28.0. The zero-order valence-corrected chi connectivity index (χ0v) is 9.99. The lowest BCUT2D eigenvalue weighted by atomic mass is 9.94. The summed E-state index contributed by atoms with van der Waals surface area (Å²) < 4.78 is 0.